The SMILES string of the molecule is C=NCc1ccccc1.C=NN(C)CN(c1ccccc1)c1ccc(N2C3=CC=CCC3c3ccc(-c4cccc5c4c4ccccc4n5-c4ccccc4)cc32)cc1. The molecule has 7 aromatic carbocycles. The molecule has 0 radical (unpaired) electrons. The van der Waals surface area contributed by atoms with Gasteiger partial charge in [0.15, 0.2) is 0 Å². The van der Waals surface area contributed by atoms with Crippen LogP contribution in [0.15, 0.2) is 210 Å². The third kappa shape index (κ3) is 7.21. The Bertz CT molecular complexity index is 2800. The first kappa shape index (κ1) is 37.2. The van der Waals surface area contributed by atoms with Crippen LogP contribution in [0, 0.1) is 0 Å². The van der Waals surface area contributed by atoms with Crippen LogP contribution in [-0.4, -0.2) is 36.7 Å². The maximum Gasteiger partial charge on any atom is 0.111 e. The highest BCUT2D eigenvalue weighted by molar-refractivity contribution is 6.16. The summed E-state index contributed by atoms with van der Waals surface area (Å²) in [6, 6.07) is 62.7. The van der Waals surface area contributed by atoms with E-state index in [0.717, 1.165) is 30.0 Å². The first-order valence-electron chi connectivity index (χ1n) is 20.1. The van der Waals surface area contributed by atoms with Crippen molar-refractivity contribution >= 4 is 58.0 Å². The number of aromatic nitrogens is 1. The minimum Gasteiger partial charge on any atom is -0.322 e. The van der Waals surface area contributed by atoms with Gasteiger partial charge in [0.2, 0.25) is 0 Å². The normalized spacial score (nSPS) is 13.9. The smallest absolute Gasteiger partial charge is 0.111 e. The molecule has 1 aliphatic carbocycles. The summed E-state index contributed by atoms with van der Waals surface area (Å²) in [4.78, 5) is 8.48. The lowest BCUT2D eigenvalue weighted by atomic mass is 9.90. The summed E-state index contributed by atoms with van der Waals surface area (Å²) in [6.45, 7) is 8.45. The van der Waals surface area contributed by atoms with E-state index in [9.17, 15) is 0 Å². The molecule has 0 spiro atoms. The van der Waals surface area contributed by atoms with Crippen LogP contribution in [0.1, 0.15) is 23.5 Å². The van der Waals surface area contributed by atoms with Crippen molar-refractivity contribution in [3.63, 3.8) is 0 Å². The second-order valence-electron chi connectivity index (χ2n) is 14.9. The third-order valence-corrected chi connectivity index (χ3v) is 11.3. The van der Waals surface area contributed by atoms with Crippen LogP contribution >= 0.6 is 0 Å². The average Bonchev–Trinajstić information content (AvgIpc) is 3.82. The summed E-state index contributed by atoms with van der Waals surface area (Å²) in [5, 5.41) is 8.52. The average molecular weight is 767 g/mol. The lowest BCUT2D eigenvalue weighted by molar-refractivity contribution is 0.366. The molecule has 0 amide bonds. The molecule has 0 N–H and O–H groups in total. The van der Waals surface area contributed by atoms with Crippen LogP contribution in [0.25, 0.3) is 38.6 Å². The molecule has 1 unspecified atom stereocenters. The fourth-order valence-electron chi connectivity index (χ4n) is 8.54. The Morgan fingerprint density at radius 3 is 2.08 bits per heavy atom. The van der Waals surface area contributed by atoms with Crippen LogP contribution in [0.5, 0.6) is 0 Å². The molecular formula is C53H46N6. The standard InChI is InChI=1S/C45H37N5.C8H9N/c1-46-47(2)31-48(33-14-5-3-6-15-33)34-25-27-36(28-26-34)50-41-21-11-9-18-38(41)39-29-24-32(30-44(39)50)37-20-13-23-43-45(37)40-19-10-12-22-42(40)49(43)35-16-7-4-8-17-35;1-9-7-8-5-3-2-4-6-8/h3-17,19-30,38H,1,18,31H2,2H3;2-6H,1,7H2. The molecule has 0 saturated heterocycles. The van der Waals surface area contributed by atoms with E-state index in [2.05, 4.69) is 196 Å². The van der Waals surface area contributed by atoms with Gasteiger partial charge in [0.25, 0.3) is 0 Å². The lowest BCUT2D eigenvalue weighted by Gasteiger charge is -2.29. The van der Waals surface area contributed by atoms with Crippen molar-refractivity contribution in [3.05, 3.63) is 211 Å². The molecule has 0 bridgehead atoms. The van der Waals surface area contributed by atoms with E-state index < -0.39 is 0 Å². The molecule has 2 aliphatic rings. The summed E-state index contributed by atoms with van der Waals surface area (Å²) in [7, 11) is 1.94. The zero-order valence-corrected chi connectivity index (χ0v) is 33.3. The number of hydrazone groups is 1. The first-order chi connectivity index (χ1) is 29.1. The van der Waals surface area contributed by atoms with Crippen LogP contribution in [0.3, 0.4) is 0 Å². The Kier molecular flexibility index (Phi) is 10.4. The number of hydrogen-bond acceptors (Lipinski definition) is 5. The Balaban J connectivity index is 0.000000444. The maximum absolute atomic E-state index is 4.13. The monoisotopic (exact) mass is 766 g/mol. The molecule has 6 nitrogen and oxygen atoms in total. The summed E-state index contributed by atoms with van der Waals surface area (Å²) >= 11 is 0. The van der Waals surface area contributed by atoms with Gasteiger partial charge in [-0.2, -0.15) is 5.10 Å². The van der Waals surface area contributed by atoms with Gasteiger partial charge in [-0.3, -0.25) is 10.0 Å². The molecule has 0 fully saturated rings. The number of anilines is 4. The van der Waals surface area contributed by atoms with Crippen molar-refractivity contribution in [2.24, 2.45) is 10.1 Å². The van der Waals surface area contributed by atoms with Crippen molar-refractivity contribution in [1.82, 2.24) is 9.58 Å². The lowest BCUT2D eigenvalue weighted by Crippen LogP contribution is -2.29. The van der Waals surface area contributed by atoms with Crippen LogP contribution in [0.4, 0.5) is 22.7 Å². The molecule has 8 aromatic rings. The molecule has 6 heteroatoms. The molecule has 288 valence electrons. The van der Waals surface area contributed by atoms with E-state index in [1.54, 1.807) is 0 Å². The topological polar surface area (TPSA) is 39.4 Å². The number of hydrogen-bond donors (Lipinski definition) is 0. The Hall–Kier alpha value is -7.44. The molecule has 1 aliphatic heterocycles. The van der Waals surface area contributed by atoms with Gasteiger partial charge < -0.3 is 14.4 Å². The molecule has 59 heavy (non-hydrogen) atoms. The van der Waals surface area contributed by atoms with E-state index in [1.165, 1.54) is 61.1 Å². The predicted molar refractivity (Wildman–Crippen MR) is 250 cm³/mol. The third-order valence-electron chi connectivity index (χ3n) is 11.3. The van der Waals surface area contributed by atoms with Crippen molar-refractivity contribution < 1.29 is 0 Å². The van der Waals surface area contributed by atoms with E-state index >= 15 is 0 Å². The summed E-state index contributed by atoms with van der Waals surface area (Å²) < 4.78 is 2.39. The van der Waals surface area contributed by atoms with Gasteiger partial charge in [0.05, 0.1) is 23.3 Å². The molecule has 0 saturated carbocycles. The minimum absolute atomic E-state index is 0.327. The highest BCUT2D eigenvalue weighted by Crippen LogP contribution is 2.52. The number of fused-ring (bicyclic) bond motifs is 6. The first-order valence-corrected chi connectivity index (χ1v) is 20.1. The molecule has 2 heterocycles. The van der Waals surface area contributed by atoms with Gasteiger partial charge in [-0.25, -0.2) is 0 Å². The van der Waals surface area contributed by atoms with Crippen molar-refractivity contribution in [2.75, 3.05) is 23.5 Å². The second kappa shape index (κ2) is 16.6. The Morgan fingerprint density at radius 1 is 0.661 bits per heavy atom. The van der Waals surface area contributed by atoms with E-state index in [4.69, 9.17) is 0 Å². The number of benzene rings is 7. The van der Waals surface area contributed by atoms with Crippen LogP contribution in [-0.2, 0) is 6.54 Å². The van der Waals surface area contributed by atoms with Gasteiger partial charge in [0, 0.05) is 58.9 Å². The fourth-order valence-corrected chi connectivity index (χ4v) is 8.54. The maximum atomic E-state index is 4.13. The Morgan fingerprint density at radius 2 is 1.34 bits per heavy atom. The highest BCUT2D eigenvalue weighted by atomic mass is 15.5. The van der Waals surface area contributed by atoms with Crippen LogP contribution < -0.4 is 9.80 Å². The summed E-state index contributed by atoms with van der Waals surface area (Å²) in [5.41, 5.74) is 14.6. The largest absolute Gasteiger partial charge is 0.322 e. The number of allylic oxidation sites excluding steroid dienone is 4. The van der Waals surface area contributed by atoms with Gasteiger partial charge in [0.1, 0.15) is 6.67 Å². The molecule has 10 rings (SSSR count). The second-order valence-corrected chi connectivity index (χ2v) is 14.9. The molecule has 1 aromatic heterocycles. The predicted octanol–water partition coefficient (Wildman–Crippen LogP) is 13.1. The van der Waals surface area contributed by atoms with Crippen molar-refractivity contribution in [2.45, 2.75) is 18.9 Å². The van der Waals surface area contributed by atoms with Crippen molar-refractivity contribution in [3.8, 4) is 16.8 Å². The minimum atomic E-state index is 0.327. The van der Waals surface area contributed by atoms with E-state index in [-0.39, 0.29) is 0 Å². The molecule has 1 atom stereocenters. The number of nitrogens with zero attached hydrogens (tertiary/aromatic N) is 6. The molecular weight excluding hydrogens is 721 g/mol. The van der Waals surface area contributed by atoms with E-state index in [1.807, 2.05) is 48.5 Å². The number of aliphatic imine (C=N–C) groups is 1. The van der Waals surface area contributed by atoms with Gasteiger partial charge in [-0.15, -0.1) is 0 Å². The highest BCUT2D eigenvalue weighted by Gasteiger charge is 2.35. The summed E-state index contributed by atoms with van der Waals surface area (Å²) in [6.07, 6.45) is 7.78. The van der Waals surface area contributed by atoms with Crippen molar-refractivity contribution in [1.29, 1.82) is 0 Å². The number of rotatable bonds is 10. The number of para-hydroxylation sites is 3. The zero-order chi connectivity index (χ0) is 40.1. The van der Waals surface area contributed by atoms with Crippen LogP contribution in [0.2, 0.25) is 0 Å². The van der Waals surface area contributed by atoms with Gasteiger partial charge in [-0.1, -0.05) is 121 Å². The summed E-state index contributed by atoms with van der Waals surface area (Å²) in [5.74, 6) is 0.327. The van der Waals surface area contributed by atoms with Gasteiger partial charge in [-0.05, 0) is 108 Å². The Labute approximate surface area is 346 Å². The van der Waals surface area contributed by atoms with E-state index in [0.29, 0.717) is 12.6 Å². The zero-order valence-electron chi connectivity index (χ0n) is 33.3. The van der Waals surface area contributed by atoms with Gasteiger partial charge >= 0.3 is 0 Å². The quantitative estimate of drug-likeness (QED) is 0.0790. The fraction of sp³-hybridized carbons (Fsp3) is 0.0943.